The lowest BCUT2D eigenvalue weighted by molar-refractivity contribution is -0.121. The van der Waals surface area contributed by atoms with E-state index in [1.165, 1.54) is 4.90 Å². The highest BCUT2D eigenvalue weighted by Crippen LogP contribution is 2.32. The van der Waals surface area contributed by atoms with Crippen LogP contribution in [0.3, 0.4) is 0 Å². The van der Waals surface area contributed by atoms with E-state index in [0.717, 1.165) is 38.0 Å². The van der Waals surface area contributed by atoms with Gasteiger partial charge in [-0.3, -0.25) is 9.69 Å². The molecule has 4 rings (SSSR count). The first kappa shape index (κ1) is 22.6. The number of nitrogens with zero attached hydrogens (tertiary/aromatic N) is 2. The van der Waals surface area contributed by atoms with Crippen LogP contribution < -0.4 is 15.0 Å². The third-order valence-electron chi connectivity index (χ3n) is 5.86. The number of carboxylic acid groups (broad SMARTS) is 1. The highest BCUT2D eigenvalue weighted by molar-refractivity contribution is 6.32. The van der Waals surface area contributed by atoms with Gasteiger partial charge in [-0.15, -0.1) is 0 Å². The van der Waals surface area contributed by atoms with Gasteiger partial charge in [-0.1, -0.05) is 29.3 Å². The van der Waals surface area contributed by atoms with E-state index in [-0.39, 0.29) is 12.0 Å². The van der Waals surface area contributed by atoms with Crippen LogP contribution in [0.1, 0.15) is 25.7 Å². The normalized spacial score (nSPS) is 20.8. The van der Waals surface area contributed by atoms with Crippen LogP contribution in [0.2, 0.25) is 10.0 Å². The molecule has 32 heavy (non-hydrogen) atoms. The first-order chi connectivity index (χ1) is 15.4. The van der Waals surface area contributed by atoms with E-state index >= 15 is 0 Å². The number of hydrogen-bond donors (Lipinski definition) is 2. The lowest BCUT2D eigenvalue weighted by atomic mass is 10.0. The largest absolute Gasteiger partial charge is 0.487 e. The Hall–Kier alpha value is -2.64. The smallest absolute Gasteiger partial charge is 0.407 e. The summed E-state index contributed by atoms with van der Waals surface area (Å²) in [5.74, 6) is 0.206. The third kappa shape index (κ3) is 5.22. The zero-order valence-electron chi connectivity index (χ0n) is 17.5. The van der Waals surface area contributed by atoms with Gasteiger partial charge in [0.1, 0.15) is 17.9 Å². The lowest BCUT2D eigenvalue weighted by Gasteiger charge is -2.32. The van der Waals surface area contributed by atoms with Gasteiger partial charge in [-0.2, -0.15) is 0 Å². The van der Waals surface area contributed by atoms with Gasteiger partial charge in [0.2, 0.25) is 5.91 Å². The van der Waals surface area contributed by atoms with Crippen molar-refractivity contribution < 1.29 is 19.4 Å². The predicted molar refractivity (Wildman–Crippen MR) is 125 cm³/mol. The molecule has 2 amide bonds. The summed E-state index contributed by atoms with van der Waals surface area (Å²) in [7, 11) is 0. The standard InChI is InChI=1S/C23H25Cl2N3O4/c24-15-4-3-5-17(12-15)27-11-9-18(14-27)32-21-8-7-16(13-19(21)25)26-22(29)20-6-1-2-10-28(20)23(30)31/h3-5,7-8,12-13,18,20H,1-2,6,9-11,14H2,(H,26,29)(H,30,31)/t18-,20+/m0/s1. The van der Waals surface area contributed by atoms with Crippen molar-refractivity contribution in [3.05, 3.63) is 52.5 Å². The first-order valence-electron chi connectivity index (χ1n) is 10.7. The molecule has 2 atom stereocenters. The van der Waals surface area contributed by atoms with Crippen LogP contribution >= 0.6 is 23.2 Å². The van der Waals surface area contributed by atoms with Crippen molar-refractivity contribution in [2.75, 3.05) is 29.9 Å². The van der Waals surface area contributed by atoms with Crippen LogP contribution in [0.25, 0.3) is 0 Å². The average molecular weight is 478 g/mol. The Morgan fingerprint density at radius 1 is 1.06 bits per heavy atom. The summed E-state index contributed by atoms with van der Waals surface area (Å²) in [6.45, 7) is 1.95. The average Bonchev–Trinajstić information content (AvgIpc) is 3.24. The molecule has 170 valence electrons. The van der Waals surface area contributed by atoms with Gasteiger partial charge in [0.25, 0.3) is 0 Å². The Labute approximate surface area is 196 Å². The number of amides is 2. The molecule has 7 nitrogen and oxygen atoms in total. The lowest BCUT2D eigenvalue weighted by Crippen LogP contribution is -2.49. The second kappa shape index (κ2) is 9.88. The zero-order chi connectivity index (χ0) is 22.7. The van der Waals surface area contributed by atoms with Gasteiger partial charge >= 0.3 is 6.09 Å². The molecule has 2 aromatic carbocycles. The SMILES string of the molecule is O=C(Nc1ccc(O[C@H]2CCN(c3cccc(Cl)c3)C2)c(Cl)c1)[C@H]1CCCCN1C(=O)O. The van der Waals surface area contributed by atoms with Crippen LogP contribution in [0.5, 0.6) is 5.75 Å². The number of halogens is 2. The number of benzene rings is 2. The van der Waals surface area contributed by atoms with Gasteiger partial charge in [-0.25, -0.2) is 4.79 Å². The monoisotopic (exact) mass is 477 g/mol. The molecule has 2 fully saturated rings. The minimum Gasteiger partial charge on any atom is -0.487 e. The fourth-order valence-electron chi connectivity index (χ4n) is 4.24. The summed E-state index contributed by atoms with van der Waals surface area (Å²) in [4.78, 5) is 27.5. The van der Waals surface area contributed by atoms with Crippen LogP contribution in [-0.2, 0) is 4.79 Å². The second-order valence-corrected chi connectivity index (χ2v) is 8.92. The number of carbonyl (C=O) groups excluding carboxylic acids is 1. The Morgan fingerprint density at radius 2 is 1.91 bits per heavy atom. The number of likely N-dealkylation sites (tertiary alicyclic amines) is 1. The molecule has 2 heterocycles. The fourth-order valence-corrected chi connectivity index (χ4v) is 4.65. The van der Waals surface area contributed by atoms with E-state index in [9.17, 15) is 14.7 Å². The van der Waals surface area contributed by atoms with Crippen molar-refractivity contribution in [1.29, 1.82) is 0 Å². The van der Waals surface area contributed by atoms with Crippen LogP contribution in [-0.4, -0.2) is 53.8 Å². The van der Waals surface area contributed by atoms with Crippen LogP contribution in [0.15, 0.2) is 42.5 Å². The molecule has 2 aromatic rings. The molecule has 0 aliphatic carbocycles. The molecule has 2 aliphatic rings. The van der Waals surface area contributed by atoms with Crippen molar-refractivity contribution in [1.82, 2.24) is 4.90 Å². The van der Waals surface area contributed by atoms with E-state index in [1.807, 2.05) is 24.3 Å². The van der Waals surface area contributed by atoms with Crippen molar-refractivity contribution in [2.24, 2.45) is 0 Å². The fraction of sp³-hybridized carbons (Fsp3) is 0.391. The highest BCUT2D eigenvalue weighted by atomic mass is 35.5. The van der Waals surface area contributed by atoms with Crippen LogP contribution in [0.4, 0.5) is 16.2 Å². The predicted octanol–water partition coefficient (Wildman–Crippen LogP) is 5.12. The number of anilines is 2. The van der Waals surface area contributed by atoms with Crippen LogP contribution in [0, 0.1) is 0 Å². The molecule has 0 aromatic heterocycles. The molecule has 0 unspecified atom stereocenters. The Kier molecular flexibility index (Phi) is 6.96. The Balaban J connectivity index is 1.36. The maximum Gasteiger partial charge on any atom is 0.407 e. The number of piperidine rings is 1. The number of carbonyl (C=O) groups is 2. The maximum absolute atomic E-state index is 12.6. The van der Waals surface area contributed by atoms with Gasteiger partial charge in [0, 0.05) is 35.9 Å². The highest BCUT2D eigenvalue weighted by Gasteiger charge is 2.32. The van der Waals surface area contributed by atoms with E-state index in [1.54, 1.807) is 18.2 Å². The topological polar surface area (TPSA) is 82.1 Å². The van der Waals surface area contributed by atoms with E-state index in [2.05, 4.69) is 10.2 Å². The maximum atomic E-state index is 12.6. The molecule has 0 spiro atoms. The zero-order valence-corrected chi connectivity index (χ0v) is 19.0. The molecule has 0 radical (unpaired) electrons. The van der Waals surface area contributed by atoms with Gasteiger partial charge in [-0.05, 0) is 55.7 Å². The summed E-state index contributed by atoms with van der Waals surface area (Å²) in [5, 5.41) is 13.2. The molecular weight excluding hydrogens is 453 g/mol. The van der Waals surface area contributed by atoms with E-state index in [4.69, 9.17) is 27.9 Å². The Morgan fingerprint density at radius 3 is 2.66 bits per heavy atom. The van der Waals surface area contributed by atoms with E-state index in [0.29, 0.717) is 34.4 Å². The van der Waals surface area contributed by atoms with Gasteiger partial charge in [0.05, 0.1) is 11.6 Å². The Bertz CT molecular complexity index is 1000. The number of rotatable bonds is 5. The second-order valence-electron chi connectivity index (χ2n) is 8.08. The number of nitrogens with one attached hydrogen (secondary N) is 1. The summed E-state index contributed by atoms with van der Waals surface area (Å²) < 4.78 is 6.11. The summed E-state index contributed by atoms with van der Waals surface area (Å²) in [6, 6.07) is 12.1. The third-order valence-corrected chi connectivity index (χ3v) is 6.39. The summed E-state index contributed by atoms with van der Waals surface area (Å²) >= 11 is 12.5. The molecule has 0 bridgehead atoms. The molecule has 2 N–H and O–H groups in total. The molecule has 0 saturated carbocycles. The first-order valence-corrected chi connectivity index (χ1v) is 11.4. The number of hydrogen-bond acceptors (Lipinski definition) is 4. The van der Waals surface area contributed by atoms with Crippen molar-refractivity contribution >= 4 is 46.6 Å². The summed E-state index contributed by atoms with van der Waals surface area (Å²) in [5.41, 5.74) is 1.57. The molecular formula is C23H25Cl2N3O4. The molecule has 9 heteroatoms. The van der Waals surface area contributed by atoms with Crippen molar-refractivity contribution in [3.8, 4) is 5.75 Å². The minimum absolute atomic E-state index is 0.0155. The quantitative estimate of drug-likeness (QED) is 0.624. The van der Waals surface area contributed by atoms with Crippen molar-refractivity contribution in [2.45, 2.75) is 37.8 Å². The van der Waals surface area contributed by atoms with E-state index < -0.39 is 12.1 Å². The minimum atomic E-state index is -1.07. The number of ether oxygens (including phenoxy) is 1. The van der Waals surface area contributed by atoms with Crippen molar-refractivity contribution in [3.63, 3.8) is 0 Å². The van der Waals surface area contributed by atoms with Gasteiger partial charge < -0.3 is 20.1 Å². The summed E-state index contributed by atoms with van der Waals surface area (Å²) in [6.07, 6.45) is 1.87. The van der Waals surface area contributed by atoms with Gasteiger partial charge in [0.15, 0.2) is 0 Å². The molecule has 2 saturated heterocycles. The molecule has 2 aliphatic heterocycles.